The van der Waals surface area contributed by atoms with Gasteiger partial charge in [0.15, 0.2) is 0 Å². The topological polar surface area (TPSA) is 82.6 Å². The molecule has 1 aliphatic rings. The Labute approximate surface area is 183 Å². The zero-order valence-electron chi connectivity index (χ0n) is 18.6. The first-order chi connectivity index (χ1) is 14.7. The van der Waals surface area contributed by atoms with Crippen molar-refractivity contribution in [3.8, 4) is 0 Å². The molecule has 0 saturated carbocycles. The number of likely N-dealkylation sites (N-methyl/N-ethyl adjacent to an activating group) is 1. The lowest BCUT2D eigenvalue weighted by Gasteiger charge is -2.38. The molecule has 2 heterocycles. The number of nitrogens with one attached hydrogen (secondary N) is 1. The van der Waals surface area contributed by atoms with Crippen LogP contribution in [0.15, 0.2) is 42.6 Å². The van der Waals surface area contributed by atoms with Crippen molar-refractivity contribution in [3.05, 3.63) is 59.3 Å². The lowest BCUT2D eigenvalue weighted by Crippen LogP contribution is -2.54. The molecule has 1 unspecified atom stereocenters. The molecule has 2 aromatic rings. The van der Waals surface area contributed by atoms with Crippen molar-refractivity contribution in [2.24, 2.45) is 5.92 Å². The third kappa shape index (κ3) is 5.69. The number of amides is 3. The quantitative estimate of drug-likeness (QED) is 0.776. The summed E-state index contributed by atoms with van der Waals surface area (Å²) in [6, 6.07) is 10.9. The summed E-state index contributed by atoms with van der Waals surface area (Å²) in [5.74, 6) is 0.0470. The molecule has 1 aromatic heterocycles. The number of aromatic nitrogens is 1. The van der Waals surface area contributed by atoms with Crippen molar-refractivity contribution in [1.29, 1.82) is 0 Å². The van der Waals surface area contributed by atoms with Gasteiger partial charge in [0.05, 0.1) is 6.54 Å². The third-order valence-corrected chi connectivity index (χ3v) is 5.38. The SMILES string of the molecule is Cc1ccnc(NC(=O)CN(C)C(=O)C2Cc3ccccc3CN2C(=O)CC(C)C)c1. The number of anilines is 1. The normalized spacial score (nSPS) is 15.4. The van der Waals surface area contributed by atoms with Gasteiger partial charge in [0.2, 0.25) is 17.7 Å². The maximum Gasteiger partial charge on any atom is 0.245 e. The highest BCUT2D eigenvalue weighted by molar-refractivity contribution is 5.95. The van der Waals surface area contributed by atoms with Crippen molar-refractivity contribution in [1.82, 2.24) is 14.8 Å². The second-order valence-electron chi connectivity index (χ2n) is 8.57. The Morgan fingerprint density at radius 3 is 2.58 bits per heavy atom. The fourth-order valence-corrected chi connectivity index (χ4v) is 3.81. The molecule has 7 heteroatoms. The van der Waals surface area contributed by atoms with Gasteiger partial charge in [0, 0.05) is 32.6 Å². The van der Waals surface area contributed by atoms with E-state index in [1.807, 2.05) is 51.1 Å². The summed E-state index contributed by atoms with van der Waals surface area (Å²) < 4.78 is 0. The van der Waals surface area contributed by atoms with Crippen LogP contribution < -0.4 is 5.32 Å². The Morgan fingerprint density at radius 1 is 1.19 bits per heavy atom. The van der Waals surface area contributed by atoms with Crippen molar-refractivity contribution >= 4 is 23.5 Å². The molecule has 0 fully saturated rings. The Bertz CT molecular complexity index is 973. The highest BCUT2D eigenvalue weighted by atomic mass is 16.2. The minimum absolute atomic E-state index is 0.0373. The van der Waals surface area contributed by atoms with Crippen LogP contribution in [-0.4, -0.2) is 52.1 Å². The van der Waals surface area contributed by atoms with Crippen LogP contribution in [0.1, 0.15) is 37.0 Å². The Balaban J connectivity index is 1.73. The molecular formula is C24H30N4O3. The van der Waals surface area contributed by atoms with E-state index in [2.05, 4.69) is 10.3 Å². The van der Waals surface area contributed by atoms with Crippen molar-refractivity contribution in [2.75, 3.05) is 18.9 Å². The Hall–Kier alpha value is -3.22. The van der Waals surface area contributed by atoms with Crippen LogP contribution in [0.4, 0.5) is 5.82 Å². The number of benzene rings is 1. The van der Waals surface area contributed by atoms with E-state index in [0.29, 0.717) is 25.2 Å². The van der Waals surface area contributed by atoms with Crippen LogP contribution in [0.5, 0.6) is 0 Å². The van der Waals surface area contributed by atoms with Gasteiger partial charge < -0.3 is 15.1 Å². The van der Waals surface area contributed by atoms with Crippen molar-refractivity contribution < 1.29 is 14.4 Å². The predicted molar refractivity (Wildman–Crippen MR) is 119 cm³/mol. The standard InChI is InChI=1S/C24H30N4O3/c1-16(2)11-23(30)28-14-19-8-6-5-7-18(19)13-20(28)24(31)27(4)15-22(29)26-21-12-17(3)9-10-25-21/h5-10,12,16,20H,11,13-15H2,1-4H3,(H,25,26,29). The molecule has 0 saturated heterocycles. The van der Waals surface area contributed by atoms with Gasteiger partial charge in [-0.3, -0.25) is 14.4 Å². The summed E-state index contributed by atoms with van der Waals surface area (Å²) in [5.41, 5.74) is 3.11. The molecule has 164 valence electrons. The summed E-state index contributed by atoms with van der Waals surface area (Å²) in [7, 11) is 1.59. The molecule has 1 aliphatic heterocycles. The summed E-state index contributed by atoms with van der Waals surface area (Å²) in [6.45, 7) is 6.19. The Kier molecular flexibility index (Phi) is 7.05. The molecule has 0 bridgehead atoms. The van der Waals surface area contributed by atoms with Crippen molar-refractivity contribution in [2.45, 2.75) is 46.2 Å². The second-order valence-corrected chi connectivity index (χ2v) is 8.57. The van der Waals surface area contributed by atoms with Gasteiger partial charge in [0.1, 0.15) is 11.9 Å². The van der Waals surface area contributed by atoms with E-state index in [0.717, 1.165) is 16.7 Å². The number of hydrogen-bond donors (Lipinski definition) is 1. The lowest BCUT2D eigenvalue weighted by atomic mass is 9.92. The van der Waals surface area contributed by atoms with Gasteiger partial charge in [0.25, 0.3) is 0 Å². The predicted octanol–water partition coefficient (Wildman–Crippen LogP) is 2.79. The number of nitrogens with zero attached hydrogens (tertiary/aromatic N) is 3. The van der Waals surface area contributed by atoms with Crippen LogP contribution in [0.3, 0.4) is 0 Å². The fraction of sp³-hybridized carbons (Fsp3) is 0.417. The number of fused-ring (bicyclic) bond motifs is 1. The van der Waals surface area contributed by atoms with E-state index in [9.17, 15) is 14.4 Å². The maximum atomic E-state index is 13.3. The maximum absolute atomic E-state index is 13.3. The largest absolute Gasteiger partial charge is 0.335 e. The van der Waals surface area contributed by atoms with Crippen LogP contribution in [0.25, 0.3) is 0 Å². The molecular weight excluding hydrogens is 392 g/mol. The van der Waals surface area contributed by atoms with Gasteiger partial charge in [-0.25, -0.2) is 4.98 Å². The van der Waals surface area contributed by atoms with E-state index < -0.39 is 6.04 Å². The van der Waals surface area contributed by atoms with Crippen molar-refractivity contribution in [3.63, 3.8) is 0 Å². The average molecular weight is 423 g/mol. The average Bonchev–Trinajstić information content (AvgIpc) is 2.71. The molecule has 7 nitrogen and oxygen atoms in total. The van der Waals surface area contributed by atoms with E-state index in [1.165, 1.54) is 4.90 Å². The summed E-state index contributed by atoms with van der Waals surface area (Å²) >= 11 is 0. The van der Waals surface area contributed by atoms with Gasteiger partial charge in [-0.05, 0) is 41.7 Å². The number of carbonyl (C=O) groups is 3. The monoisotopic (exact) mass is 422 g/mol. The zero-order valence-corrected chi connectivity index (χ0v) is 18.6. The first-order valence-electron chi connectivity index (χ1n) is 10.6. The number of hydrogen-bond acceptors (Lipinski definition) is 4. The van der Waals surface area contributed by atoms with Crippen LogP contribution >= 0.6 is 0 Å². The molecule has 0 radical (unpaired) electrons. The minimum Gasteiger partial charge on any atom is -0.335 e. The minimum atomic E-state index is -0.615. The van der Waals surface area contributed by atoms with E-state index >= 15 is 0 Å². The highest BCUT2D eigenvalue weighted by Crippen LogP contribution is 2.25. The number of carbonyl (C=O) groups excluding carboxylic acids is 3. The molecule has 0 spiro atoms. The van der Waals surface area contributed by atoms with Crippen LogP contribution in [0, 0.1) is 12.8 Å². The smallest absolute Gasteiger partial charge is 0.245 e. The highest BCUT2D eigenvalue weighted by Gasteiger charge is 2.36. The zero-order chi connectivity index (χ0) is 22.5. The van der Waals surface area contributed by atoms with E-state index in [-0.39, 0.29) is 30.2 Å². The molecule has 0 aliphatic carbocycles. The molecule has 1 aromatic carbocycles. The third-order valence-electron chi connectivity index (χ3n) is 5.38. The molecule has 3 rings (SSSR count). The van der Waals surface area contributed by atoms with E-state index in [4.69, 9.17) is 0 Å². The first-order valence-corrected chi connectivity index (χ1v) is 10.6. The van der Waals surface area contributed by atoms with Gasteiger partial charge >= 0.3 is 0 Å². The number of aryl methyl sites for hydroxylation is 1. The lowest BCUT2D eigenvalue weighted by molar-refractivity contribution is -0.147. The molecule has 1 N–H and O–H groups in total. The number of pyridine rings is 1. The fourth-order valence-electron chi connectivity index (χ4n) is 3.81. The van der Waals surface area contributed by atoms with E-state index in [1.54, 1.807) is 24.2 Å². The molecule has 31 heavy (non-hydrogen) atoms. The summed E-state index contributed by atoms with van der Waals surface area (Å²) in [4.78, 5) is 45.8. The molecule has 3 amide bonds. The van der Waals surface area contributed by atoms with Gasteiger partial charge in [-0.15, -0.1) is 0 Å². The van der Waals surface area contributed by atoms with Gasteiger partial charge in [-0.2, -0.15) is 0 Å². The first kappa shape index (κ1) is 22.5. The summed E-state index contributed by atoms with van der Waals surface area (Å²) in [6.07, 6.45) is 2.46. The summed E-state index contributed by atoms with van der Waals surface area (Å²) in [5, 5.41) is 2.72. The van der Waals surface area contributed by atoms with Gasteiger partial charge in [-0.1, -0.05) is 38.1 Å². The second kappa shape index (κ2) is 9.73. The van der Waals surface area contributed by atoms with Crippen LogP contribution in [-0.2, 0) is 27.3 Å². The number of rotatable bonds is 6. The van der Waals surface area contributed by atoms with Crippen LogP contribution in [0.2, 0.25) is 0 Å². The Morgan fingerprint density at radius 2 is 1.90 bits per heavy atom. The molecule has 1 atom stereocenters.